The summed E-state index contributed by atoms with van der Waals surface area (Å²) in [5.41, 5.74) is 0. The maximum absolute atomic E-state index is 10.6. The van der Waals surface area contributed by atoms with E-state index in [2.05, 4.69) is 11.5 Å². The number of carbonyl (C=O) groups is 1. The lowest BCUT2D eigenvalue weighted by Crippen LogP contribution is -2.40. The van der Waals surface area contributed by atoms with E-state index in [9.17, 15) is 4.79 Å². The number of carbonyl (C=O) groups excluding carboxylic acids is 1. The topological polar surface area (TPSA) is 20.3 Å². The van der Waals surface area contributed by atoms with Crippen LogP contribution in [-0.4, -0.2) is 30.3 Å². The van der Waals surface area contributed by atoms with Gasteiger partial charge >= 0.3 is 0 Å². The monoisotopic (exact) mass is 153 g/mol. The highest BCUT2D eigenvalue weighted by molar-refractivity contribution is 5.57. The molecule has 1 aliphatic heterocycles. The Labute approximate surface area is 67.9 Å². The van der Waals surface area contributed by atoms with Gasteiger partial charge in [0.25, 0.3) is 0 Å². The van der Waals surface area contributed by atoms with E-state index in [1.807, 2.05) is 6.08 Å². The molecule has 0 aliphatic carbocycles. The Morgan fingerprint density at radius 2 is 2.36 bits per heavy atom. The SMILES string of the molecule is C=CCN1CCCCC1C=O. The van der Waals surface area contributed by atoms with Gasteiger partial charge in [-0.15, -0.1) is 6.58 Å². The Kier molecular flexibility index (Phi) is 3.30. The van der Waals surface area contributed by atoms with Crippen molar-refractivity contribution in [3.63, 3.8) is 0 Å². The number of piperidine rings is 1. The second kappa shape index (κ2) is 4.29. The maximum Gasteiger partial charge on any atom is 0.137 e. The van der Waals surface area contributed by atoms with Gasteiger partial charge in [-0.05, 0) is 19.4 Å². The average molecular weight is 153 g/mol. The third-order valence-electron chi connectivity index (χ3n) is 2.18. The Morgan fingerprint density at radius 3 is 3.00 bits per heavy atom. The highest BCUT2D eigenvalue weighted by Crippen LogP contribution is 2.14. The number of hydrogen-bond donors (Lipinski definition) is 0. The van der Waals surface area contributed by atoms with Crippen molar-refractivity contribution in [2.75, 3.05) is 13.1 Å². The van der Waals surface area contributed by atoms with E-state index in [1.54, 1.807) is 0 Å². The van der Waals surface area contributed by atoms with Gasteiger partial charge in [-0.25, -0.2) is 0 Å². The van der Waals surface area contributed by atoms with Gasteiger partial charge < -0.3 is 4.79 Å². The van der Waals surface area contributed by atoms with E-state index < -0.39 is 0 Å². The summed E-state index contributed by atoms with van der Waals surface area (Å²) in [7, 11) is 0. The third kappa shape index (κ3) is 2.15. The van der Waals surface area contributed by atoms with Gasteiger partial charge in [0.15, 0.2) is 0 Å². The Morgan fingerprint density at radius 1 is 1.55 bits per heavy atom. The molecular formula is C9H15NO. The molecule has 0 bridgehead atoms. The molecule has 11 heavy (non-hydrogen) atoms. The molecule has 1 atom stereocenters. The van der Waals surface area contributed by atoms with Crippen LogP contribution in [0.4, 0.5) is 0 Å². The minimum atomic E-state index is 0.154. The summed E-state index contributed by atoms with van der Waals surface area (Å²) in [5, 5.41) is 0. The van der Waals surface area contributed by atoms with Crippen LogP contribution < -0.4 is 0 Å². The van der Waals surface area contributed by atoms with E-state index in [1.165, 1.54) is 12.8 Å². The molecule has 2 heteroatoms. The summed E-state index contributed by atoms with van der Waals surface area (Å²) in [5.74, 6) is 0. The molecular weight excluding hydrogens is 138 g/mol. The van der Waals surface area contributed by atoms with E-state index in [0.717, 1.165) is 25.8 Å². The smallest absolute Gasteiger partial charge is 0.137 e. The number of aldehydes is 1. The van der Waals surface area contributed by atoms with Gasteiger partial charge in [0.05, 0.1) is 6.04 Å². The van der Waals surface area contributed by atoms with Crippen molar-refractivity contribution in [1.29, 1.82) is 0 Å². The van der Waals surface area contributed by atoms with Gasteiger partial charge in [-0.1, -0.05) is 12.5 Å². The molecule has 1 unspecified atom stereocenters. The van der Waals surface area contributed by atoms with Gasteiger partial charge in [-0.2, -0.15) is 0 Å². The summed E-state index contributed by atoms with van der Waals surface area (Å²) in [4.78, 5) is 12.8. The fourth-order valence-electron chi connectivity index (χ4n) is 1.56. The fourth-order valence-corrected chi connectivity index (χ4v) is 1.56. The molecule has 62 valence electrons. The second-order valence-corrected chi connectivity index (χ2v) is 2.98. The number of likely N-dealkylation sites (tertiary alicyclic amines) is 1. The van der Waals surface area contributed by atoms with Crippen LogP contribution in [0.5, 0.6) is 0 Å². The predicted octanol–water partition coefficient (Wildman–Crippen LogP) is 1.23. The summed E-state index contributed by atoms with van der Waals surface area (Å²) in [6.45, 7) is 5.57. The number of rotatable bonds is 3. The second-order valence-electron chi connectivity index (χ2n) is 2.98. The molecule has 0 spiro atoms. The Bertz CT molecular complexity index is 144. The molecule has 0 aromatic carbocycles. The van der Waals surface area contributed by atoms with Crippen molar-refractivity contribution in [2.24, 2.45) is 0 Å². The molecule has 0 N–H and O–H groups in total. The lowest BCUT2D eigenvalue weighted by Gasteiger charge is -2.30. The zero-order valence-corrected chi connectivity index (χ0v) is 6.83. The minimum Gasteiger partial charge on any atom is -0.302 e. The largest absolute Gasteiger partial charge is 0.302 e. The first kappa shape index (κ1) is 8.47. The van der Waals surface area contributed by atoms with Crippen LogP contribution in [0.2, 0.25) is 0 Å². The van der Waals surface area contributed by atoms with Crippen LogP contribution in [0.3, 0.4) is 0 Å². The maximum atomic E-state index is 10.6. The normalized spacial score (nSPS) is 26.4. The van der Waals surface area contributed by atoms with Crippen molar-refractivity contribution in [3.05, 3.63) is 12.7 Å². The number of hydrogen-bond acceptors (Lipinski definition) is 2. The van der Waals surface area contributed by atoms with Gasteiger partial charge in [0, 0.05) is 6.54 Å². The first-order chi connectivity index (χ1) is 5.38. The van der Waals surface area contributed by atoms with Crippen molar-refractivity contribution in [3.8, 4) is 0 Å². The molecule has 1 heterocycles. The molecule has 1 rings (SSSR count). The summed E-state index contributed by atoms with van der Waals surface area (Å²) in [6, 6.07) is 0.154. The van der Waals surface area contributed by atoms with Crippen LogP contribution in [0.25, 0.3) is 0 Å². The van der Waals surface area contributed by atoms with Crippen molar-refractivity contribution >= 4 is 6.29 Å². The van der Waals surface area contributed by atoms with E-state index in [-0.39, 0.29) is 6.04 Å². The van der Waals surface area contributed by atoms with E-state index in [4.69, 9.17) is 0 Å². The summed E-state index contributed by atoms with van der Waals surface area (Å²) >= 11 is 0. The first-order valence-corrected chi connectivity index (χ1v) is 4.18. The quantitative estimate of drug-likeness (QED) is 0.449. The third-order valence-corrected chi connectivity index (χ3v) is 2.18. The summed E-state index contributed by atoms with van der Waals surface area (Å²) < 4.78 is 0. The molecule has 1 saturated heterocycles. The van der Waals surface area contributed by atoms with Gasteiger partial charge in [0.1, 0.15) is 6.29 Å². The van der Waals surface area contributed by atoms with Gasteiger partial charge in [-0.3, -0.25) is 4.90 Å². The van der Waals surface area contributed by atoms with Crippen molar-refractivity contribution < 1.29 is 4.79 Å². The first-order valence-electron chi connectivity index (χ1n) is 4.18. The molecule has 1 aliphatic rings. The Hall–Kier alpha value is -0.630. The molecule has 0 saturated carbocycles. The van der Waals surface area contributed by atoms with Crippen molar-refractivity contribution in [2.45, 2.75) is 25.3 Å². The van der Waals surface area contributed by atoms with Crippen molar-refractivity contribution in [1.82, 2.24) is 4.90 Å². The molecule has 2 nitrogen and oxygen atoms in total. The van der Waals surface area contributed by atoms with E-state index >= 15 is 0 Å². The number of nitrogens with zero attached hydrogens (tertiary/aromatic N) is 1. The van der Waals surface area contributed by atoms with Gasteiger partial charge in [0.2, 0.25) is 0 Å². The minimum absolute atomic E-state index is 0.154. The van der Waals surface area contributed by atoms with Crippen LogP contribution >= 0.6 is 0 Å². The van der Waals surface area contributed by atoms with Crippen LogP contribution in [0, 0.1) is 0 Å². The Balaban J connectivity index is 2.43. The molecule has 1 fully saturated rings. The van der Waals surface area contributed by atoms with Crippen LogP contribution in [0.1, 0.15) is 19.3 Å². The molecule has 0 aromatic heterocycles. The van der Waals surface area contributed by atoms with Crippen LogP contribution in [0.15, 0.2) is 12.7 Å². The zero-order chi connectivity index (χ0) is 8.10. The zero-order valence-electron chi connectivity index (χ0n) is 6.83. The standard InChI is InChI=1S/C9H15NO/c1-2-6-10-7-4-3-5-9(10)8-11/h2,8-9H,1,3-7H2. The lowest BCUT2D eigenvalue weighted by molar-refractivity contribution is -0.113. The summed E-state index contributed by atoms with van der Waals surface area (Å²) in [6.07, 6.45) is 6.36. The average Bonchev–Trinajstić information content (AvgIpc) is 2.06. The van der Waals surface area contributed by atoms with E-state index in [0.29, 0.717) is 0 Å². The predicted molar refractivity (Wildman–Crippen MR) is 45.5 cm³/mol. The lowest BCUT2D eigenvalue weighted by atomic mass is 10.0. The fraction of sp³-hybridized carbons (Fsp3) is 0.667. The molecule has 0 radical (unpaired) electrons. The highest BCUT2D eigenvalue weighted by atomic mass is 16.1. The molecule has 0 aromatic rings. The van der Waals surface area contributed by atoms with Crippen LogP contribution in [-0.2, 0) is 4.79 Å². The highest BCUT2D eigenvalue weighted by Gasteiger charge is 2.19. The molecule has 0 amide bonds.